The molecule has 0 atom stereocenters. The maximum absolute atomic E-state index is 6.08. The molecular weight excluding hydrogens is 332 g/mol. The van der Waals surface area contributed by atoms with Crippen LogP contribution in [0.4, 0.5) is 0 Å². The molecule has 0 radical (unpaired) electrons. The van der Waals surface area contributed by atoms with Crippen LogP contribution in [-0.2, 0) is 6.54 Å². The van der Waals surface area contributed by atoms with Crippen LogP contribution in [0.5, 0.6) is 0 Å². The fraction of sp³-hybridized carbons (Fsp3) is 0.0870. The number of fused-ring (bicyclic) bond motifs is 1. The van der Waals surface area contributed by atoms with Gasteiger partial charge >= 0.3 is 0 Å². The summed E-state index contributed by atoms with van der Waals surface area (Å²) < 4.78 is 0. The zero-order valence-electron chi connectivity index (χ0n) is 14.8. The van der Waals surface area contributed by atoms with E-state index in [2.05, 4.69) is 52.4 Å². The third-order valence-corrected chi connectivity index (χ3v) is 5.09. The zero-order chi connectivity index (χ0) is 18.2. The third-order valence-electron chi connectivity index (χ3n) is 5.09. The van der Waals surface area contributed by atoms with Crippen LogP contribution in [0.1, 0.15) is 34.2 Å². The fourth-order valence-corrected chi connectivity index (χ4v) is 3.67. The van der Waals surface area contributed by atoms with Gasteiger partial charge in [-0.15, -0.1) is 0 Å². The number of rotatable bonds is 3. The Morgan fingerprint density at radius 3 is 2.44 bits per heavy atom. The Bertz CT molecular complexity index is 1110. The lowest BCUT2D eigenvalue weighted by atomic mass is 9.93. The van der Waals surface area contributed by atoms with E-state index in [-0.39, 0.29) is 0 Å². The lowest BCUT2D eigenvalue weighted by molar-refractivity contribution is 1.10. The van der Waals surface area contributed by atoms with Gasteiger partial charge in [0.2, 0.25) is 0 Å². The molecule has 2 aliphatic heterocycles. The molecule has 0 fully saturated rings. The summed E-state index contributed by atoms with van der Waals surface area (Å²) in [5.41, 5.74) is 15.0. The number of allylic oxidation sites excluding steroid dienone is 1. The van der Waals surface area contributed by atoms with Crippen LogP contribution in [0.2, 0.25) is 0 Å². The van der Waals surface area contributed by atoms with Gasteiger partial charge in [-0.3, -0.25) is 15.0 Å². The zero-order valence-corrected chi connectivity index (χ0v) is 14.8. The highest BCUT2D eigenvalue weighted by Gasteiger charge is 2.23. The summed E-state index contributed by atoms with van der Waals surface area (Å²) in [7, 11) is 0. The van der Waals surface area contributed by atoms with Crippen molar-refractivity contribution in [3.63, 3.8) is 0 Å². The molecule has 0 bridgehead atoms. The summed E-state index contributed by atoms with van der Waals surface area (Å²) in [6.07, 6.45) is 4.41. The van der Waals surface area contributed by atoms with E-state index in [0.717, 1.165) is 40.1 Å². The number of hydrogen-bond acceptors (Lipinski definition) is 4. The first kappa shape index (κ1) is 15.7. The second kappa shape index (κ2) is 6.32. The van der Waals surface area contributed by atoms with E-state index >= 15 is 0 Å². The topological polar surface area (TPSA) is 63.6 Å². The molecule has 0 saturated carbocycles. The molecule has 0 unspecified atom stereocenters. The lowest BCUT2D eigenvalue weighted by Crippen LogP contribution is -2.10. The molecule has 0 spiro atoms. The standard InChI is InChI=1S/C23H18N4/c24-23-20-12-17(6-7-18(20)14-26-23)19-13-21(15-4-2-1-3-5-15)27-22(19)16-8-10-25-11-9-16/h1-12H,13-14H2,(H2,24,26). The second-order valence-electron chi connectivity index (χ2n) is 6.74. The molecular formula is C23H18N4. The number of nitrogens with zero attached hydrogens (tertiary/aromatic N) is 3. The van der Waals surface area contributed by atoms with Crippen molar-refractivity contribution in [1.29, 1.82) is 0 Å². The molecule has 2 aliphatic rings. The lowest BCUT2D eigenvalue weighted by Gasteiger charge is -2.09. The van der Waals surface area contributed by atoms with Crippen molar-refractivity contribution in [3.05, 3.63) is 101 Å². The predicted molar refractivity (Wildman–Crippen MR) is 110 cm³/mol. The molecule has 3 aromatic rings. The van der Waals surface area contributed by atoms with E-state index in [0.29, 0.717) is 12.4 Å². The number of hydrogen-bond donors (Lipinski definition) is 1. The van der Waals surface area contributed by atoms with Crippen LogP contribution < -0.4 is 5.73 Å². The summed E-state index contributed by atoms with van der Waals surface area (Å²) in [5.74, 6) is 0.625. The maximum Gasteiger partial charge on any atom is 0.126 e. The minimum atomic E-state index is 0.625. The number of aliphatic imine (C=N–C) groups is 2. The largest absolute Gasteiger partial charge is 0.383 e. The normalized spacial score (nSPS) is 15.6. The van der Waals surface area contributed by atoms with E-state index in [1.54, 1.807) is 0 Å². The van der Waals surface area contributed by atoms with Gasteiger partial charge in [-0.05, 0) is 40.5 Å². The first-order valence-corrected chi connectivity index (χ1v) is 9.00. The molecule has 0 aliphatic carbocycles. The summed E-state index contributed by atoms with van der Waals surface area (Å²) in [6, 6.07) is 20.8. The van der Waals surface area contributed by atoms with Gasteiger partial charge in [0.1, 0.15) is 5.84 Å². The number of aromatic nitrogens is 1. The monoisotopic (exact) mass is 350 g/mol. The smallest absolute Gasteiger partial charge is 0.126 e. The molecule has 4 heteroatoms. The number of pyridine rings is 1. The van der Waals surface area contributed by atoms with Crippen molar-refractivity contribution >= 4 is 22.8 Å². The molecule has 0 saturated heterocycles. The molecule has 1 aromatic heterocycles. The van der Waals surface area contributed by atoms with Crippen molar-refractivity contribution in [2.45, 2.75) is 13.0 Å². The van der Waals surface area contributed by atoms with Gasteiger partial charge in [0.25, 0.3) is 0 Å². The Morgan fingerprint density at radius 2 is 1.63 bits per heavy atom. The van der Waals surface area contributed by atoms with Gasteiger partial charge in [0.05, 0.1) is 18.0 Å². The highest BCUT2D eigenvalue weighted by molar-refractivity contribution is 6.17. The van der Waals surface area contributed by atoms with Crippen molar-refractivity contribution in [3.8, 4) is 0 Å². The number of amidine groups is 1. The fourth-order valence-electron chi connectivity index (χ4n) is 3.67. The highest BCUT2D eigenvalue weighted by Crippen LogP contribution is 2.38. The van der Waals surface area contributed by atoms with Crippen LogP contribution in [-0.4, -0.2) is 16.5 Å². The van der Waals surface area contributed by atoms with Crippen LogP contribution in [0.25, 0.3) is 11.3 Å². The van der Waals surface area contributed by atoms with E-state index in [9.17, 15) is 0 Å². The average Bonchev–Trinajstić information content (AvgIpc) is 3.34. The summed E-state index contributed by atoms with van der Waals surface area (Å²) in [4.78, 5) is 13.5. The first-order valence-electron chi connectivity index (χ1n) is 9.00. The predicted octanol–water partition coefficient (Wildman–Crippen LogP) is 4.06. The molecule has 2 aromatic carbocycles. The van der Waals surface area contributed by atoms with Crippen molar-refractivity contribution in [2.24, 2.45) is 15.7 Å². The van der Waals surface area contributed by atoms with Crippen LogP contribution >= 0.6 is 0 Å². The minimum absolute atomic E-state index is 0.625. The molecule has 4 nitrogen and oxygen atoms in total. The Kier molecular flexibility index (Phi) is 3.68. The molecule has 3 heterocycles. The summed E-state index contributed by atoms with van der Waals surface area (Å²) in [6.45, 7) is 0.670. The van der Waals surface area contributed by atoms with Crippen molar-refractivity contribution in [2.75, 3.05) is 0 Å². The molecule has 2 N–H and O–H groups in total. The maximum atomic E-state index is 6.08. The minimum Gasteiger partial charge on any atom is -0.383 e. The Hall–Kier alpha value is -3.53. The first-order chi connectivity index (χ1) is 13.3. The number of benzene rings is 2. The summed E-state index contributed by atoms with van der Waals surface area (Å²) in [5, 5.41) is 0. The quantitative estimate of drug-likeness (QED) is 0.774. The molecule has 27 heavy (non-hydrogen) atoms. The highest BCUT2D eigenvalue weighted by atomic mass is 14.9. The van der Waals surface area contributed by atoms with Crippen molar-refractivity contribution in [1.82, 2.24) is 4.98 Å². The van der Waals surface area contributed by atoms with Gasteiger partial charge in [0, 0.05) is 29.9 Å². The van der Waals surface area contributed by atoms with Crippen molar-refractivity contribution < 1.29 is 0 Å². The van der Waals surface area contributed by atoms with Crippen LogP contribution in [0.3, 0.4) is 0 Å². The third kappa shape index (κ3) is 2.75. The SMILES string of the molecule is NC1=NCc2ccc(C3=C(c4ccncc4)N=C(c4ccccc4)C3)cc21. The van der Waals surface area contributed by atoms with Gasteiger partial charge in [-0.2, -0.15) is 0 Å². The Morgan fingerprint density at radius 1 is 0.815 bits per heavy atom. The van der Waals surface area contributed by atoms with Gasteiger partial charge in [0.15, 0.2) is 0 Å². The van der Waals surface area contributed by atoms with Crippen LogP contribution in [0, 0.1) is 0 Å². The molecule has 5 rings (SSSR count). The second-order valence-corrected chi connectivity index (χ2v) is 6.74. The molecule has 0 amide bonds. The van der Waals surface area contributed by atoms with Crippen LogP contribution in [0.15, 0.2) is 83.0 Å². The van der Waals surface area contributed by atoms with E-state index in [1.165, 1.54) is 11.1 Å². The van der Waals surface area contributed by atoms with E-state index in [1.807, 2.05) is 30.6 Å². The van der Waals surface area contributed by atoms with Gasteiger partial charge < -0.3 is 5.73 Å². The Labute approximate surface area is 157 Å². The average molecular weight is 350 g/mol. The molecule has 130 valence electrons. The summed E-state index contributed by atoms with van der Waals surface area (Å²) >= 11 is 0. The van der Waals surface area contributed by atoms with E-state index in [4.69, 9.17) is 10.7 Å². The van der Waals surface area contributed by atoms with Gasteiger partial charge in [-0.25, -0.2) is 0 Å². The van der Waals surface area contributed by atoms with E-state index < -0.39 is 0 Å². The Balaban J connectivity index is 1.63. The number of nitrogens with two attached hydrogens (primary N) is 1. The van der Waals surface area contributed by atoms with Gasteiger partial charge in [-0.1, -0.05) is 42.5 Å².